The van der Waals surface area contributed by atoms with E-state index in [4.69, 9.17) is 4.74 Å². The van der Waals surface area contributed by atoms with E-state index in [1.54, 1.807) is 0 Å². The fourth-order valence-electron chi connectivity index (χ4n) is 1.70. The lowest BCUT2D eigenvalue weighted by molar-refractivity contribution is -0.145. The Morgan fingerprint density at radius 2 is 1.65 bits per heavy atom. The van der Waals surface area contributed by atoms with Gasteiger partial charge in [0, 0.05) is 12.8 Å². The van der Waals surface area contributed by atoms with Crippen LogP contribution in [0.5, 0.6) is 0 Å². The quantitative estimate of drug-likeness (QED) is 0.339. The maximum absolute atomic E-state index is 11.5. The average Bonchev–Trinajstić information content (AvgIpc) is 2.44. The number of nitrogens with one attached hydrogen (secondary N) is 1. The van der Waals surface area contributed by atoms with Crippen LogP contribution in [-0.2, 0) is 19.1 Å². The van der Waals surface area contributed by atoms with Crippen molar-refractivity contribution in [2.75, 3.05) is 6.61 Å². The monoisotopic (exact) mass is 285 g/mol. The fourth-order valence-corrected chi connectivity index (χ4v) is 1.70. The van der Waals surface area contributed by atoms with Crippen LogP contribution in [-0.4, -0.2) is 30.8 Å². The summed E-state index contributed by atoms with van der Waals surface area (Å²) in [5, 5.41) is 2.56. The van der Waals surface area contributed by atoms with Crippen LogP contribution in [0.1, 0.15) is 65.2 Å². The molecule has 5 nitrogen and oxygen atoms in total. The van der Waals surface area contributed by atoms with Crippen LogP contribution in [0.4, 0.5) is 0 Å². The topological polar surface area (TPSA) is 72.5 Å². The third kappa shape index (κ3) is 10.5. The second kappa shape index (κ2) is 12.6. The molecule has 0 aromatic heterocycles. The van der Waals surface area contributed by atoms with Crippen molar-refractivity contribution in [3.8, 4) is 0 Å². The SMILES string of the molecule is CCCCCC(=O)N[C@H](C=O)COC(=O)CCCCC. The standard InChI is InChI=1S/C15H27NO4/c1-3-5-7-9-14(18)16-13(11-17)12-20-15(19)10-8-6-4-2/h11,13H,3-10,12H2,1-2H3,(H,16,18)/t13-/m1/s1. The molecule has 0 aromatic rings. The first-order valence-corrected chi connectivity index (χ1v) is 7.54. The molecule has 0 fully saturated rings. The van der Waals surface area contributed by atoms with Crippen LogP contribution in [0.2, 0.25) is 0 Å². The van der Waals surface area contributed by atoms with Crippen molar-refractivity contribution >= 4 is 18.2 Å². The molecule has 0 spiro atoms. The van der Waals surface area contributed by atoms with Crippen molar-refractivity contribution in [2.45, 2.75) is 71.3 Å². The second-order valence-corrected chi connectivity index (χ2v) is 4.91. The minimum Gasteiger partial charge on any atom is -0.463 e. The Bertz CT molecular complexity index is 292. The van der Waals surface area contributed by atoms with Crippen molar-refractivity contribution in [1.29, 1.82) is 0 Å². The zero-order valence-corrected chi connectivity index (χ0v) is 12.7. The van der Waals surface area contributed by atoms with E-state index in [-0.39, 0.29) is 18.5 Å². The Morgan fingerprint density at radius 1 is 1.05 bits per heavy atom. The van der Waals surface area contributed by atoms with E-state index >= 15 is 0 Å². The summed E-state index contributed by atoms with van der Waals surface area (Å²) >= 11 is 0. The number of rotatable bonds is 12. The molecular weight excluding hydrogens is 258 g/mol. The number of ether oxygens (including phenoxy) is 1. The van der Waals surface area contributed by atoms with Gasteiger partial charge in [-0.2, -0.15) is 0 Å². The molecule has 0 saturated heterocycles. The summed E-state index contributed by atoms with van der Waals surface area (Å²) in [5.74, 6) is -0.483. The van der Waals surface area contributed by atoms with E-state index in [9.17, 15) is 14.4 Å². The van der Waals surface area contributed by atoms with Gasteiger partial charge in [-0.3, -0.25) is 9.59 Å². The number of aldehydes is 1. The van der Waals surface area contributed by atoms with Gasteiger partial charge in [-0.15, -0.1) is 0 Å². The normalized spacial score (nSPS) is 11.7. The molecule has 0 aliphatic rings. The van der Waals surface area contributed by atoms with Crippen molar-refractivity contribution in [3.05, 3.63) is 0 Å². The predicted octanol–water partition coefficient (Wildman–Crippen LogP) is 2.37. The van der Waals surface area contributed by atoms with Crippen LogP contribution in [0, 0.1) is 0 Å². The highest BCUT2D eigenvalue weighted by molar-refractivity contribution is 5.79. The van der Waals surface area contributed by atoms with Crippen LogP contribution >= 0.6 is 0 Å². The molecule has 0 aliphatic carbocycles. The van der Waals surface area contributed by atoms with Gasteiger partial charge in [0.15, 0.2) is 0 Å². The zero-order chi connectivity index (χ0) is 15.2. The van der Waals surface area contributed by atoms with Gasteiger partial charge in [-0.05, 0) is 12.8 Å². The Kier molecular flexibility index (Phi) is 11.8. The van der Waals surface area contributed by atoms with E-state index in [1.165, 1.54) is 0 Å². The van der Waals surface area contributed by atoms with Gasteiger partial charge in [0.1, 0.15) is 18.9 Å². The maximum Gasteiger partial charge on any atom is 0.305 e. The molecule has 1 N–H and O–H groups in total. The van der Waals surface area contributed by atoms with Crippen LogP contribution in [0.3, 0.4) is 0 Å². The molecule has 0 unspecified atom stereocenters. The van der Waals surface area contributed by atoms with Gasteiger partial charge in [0.25, 0.3) is 0 Å². The lowest BCUT2D eigenvalue weighted by Gasteiger charge is -2.13. The highest BCUT2D eigenvalue weighted by atomic mass is 16.5. The van der Waals surface area contributed by atoms with Gasteiger partial charge in [0.2, 0.25) is 5.91 Å². The highest BCUT2D eigenvalue weighted by Gasteiger charge is 2.13. The summed E-state index contributed by atoms with van der Waals surface area (Å²) in [4.78, 5) is 33.8. The fraction of sp³-hybridized carbons (Fsp3) is 0.800. The minimum absolute atomic E-state index is 0.0754. The third-order valence-electron chi connectivity index (χ3n) is 2.93. The minimum atomic E-state index is -0.737. The van der Waals surface area contributed by atoms with E-state index < -0.39 is 6.04 Å². The van der Waals surface area contributed by atoms with E-state index in [2.05, 4.69) is 19.2 Å². The zero-order valence-electron chi connectivity index (χ0n) is 12.7. The Labute approximate surface area is 121 Å². The molecule has 116 valence electrons. The van der Waals surface area contributed by atoms with E-state index in [0.717, 1.165) is 38.5 Å². The van der Waals surface area contributed by atoms with Crippen molar-refractivity contribution in [3.63, 3.8) is 0 Å². The largest absolute Gasteiger partial charge is 0.463 e. The van der Waals surface area contributed by atoms with E-state index in [1.807, 2.05) is 0 Å². The molecule has 1 amide bonds. The molecule has 5 heteroatoms. The summed E-state index contributed by atoms with van der Waals surface area (Å²) in [6, 6.07) is -0.737. The smallest absolute Gasteiger partial charge is 0.305 e. The Balaban J connectivity index is 3.82. The number of unbranched alkanes of at least 4 members (excludes halogenated alkanes) is 4. The number of carbonyl (C=O) groups excluding carboxylic acids is 3. The van der Waals surface area contributed by atoms with Gasteiger partial charge in [-0.1, -0.05) is 39.5 Å². The van der Waals surface area contributed by atoms with Crippen LogP contribution in [0.15, 0.2) is 0 Å². The molecule has 0 aromatic carbocycles. The van der Waals surface area contributed by atoms with Gasteiger partial charge in [-0.25, -0.2) is 0 Å². The average molecular weight is 285 g/mol. The van der Waals surface area contributed by atoms with Gasteiger partial charge < -0.3 is 14.8 Å². The molecule has 0 rings (SSSR count). The summed E-state index contributed by atoms with van der Waals surface area (Å²) in [7, 11) is 0. The predicted molar refractivity (Wildman–Crippen MR) is 77.2 cm³/mol. The van der Waals surface area contributed by atoms with Crippen LogP contribution in [0.25, 0.3) is 0 Å². The number of esters is 1. The third-order valence-corrected chi connectivity index (χ3v) is 2.93. The highest BCUT2D eigenvalue weighted by Crippen LogP contribution is 2.01. The summed E-state index contributed by atoms with van der Waals surface area (Å²) in [6.45, 7) is 4.04. The first-order chi connectivity index (χ1) is 9.63. The molecule has 0 radical (unpaired) electrons. The molecule has 20 heavy (non-hydrogen) atoms. The molecule has 0 heterocycles. The maximum atomic E-state index is 11.5. The Morgan fingerprint density at radius 3 is 2.20 bits per heavy atom. The van der Waals surface area contributed by atoms with Gasteiger partial charge in [0.05, 0.1) is 0 Å². The Hall–Kier alpha value is -1.39. The molecule has 0 saturated carbocycles. The van der Waals surface area contributed by atoms with Crippen molar-refractivity contribution < 1.29 is 19.1 Å². The van der Waals surface area contributed by atoms with E-state index in [0.29, 0.717) is 19.1 Å². The van der Waals surface area contributed by atoms with Crippen LogP contribution < -0.4 is 5.32 Å². The first kappa shape index (κ1) is 18.6. The molecule has 0 bridgehead atoms. The lowest BCUT2D eigenvalue weighted by Crippen LogP contribution is -2.39. The summed E-state index contributed by atoms with van der Waals surface area (Å²) in [6.07, 6.45) is 7.04. The molecule has 0 aliphatic heterocycles. The molecular formula is C15H27NO4. The second-order valence-electron chi connectivity index (χ2n) is 4.91. The number of carbonyl (C=O) groups is 3. The lowest BCUT2D eigenvalue weighted by atomic mass is 10.2. The number of hydrogen-bond acceptors (Lipinski definition) is 4. The van der Waals surface area contributed by atoms with Crippen molar-refractivity contribution in [2.24, 2.45) is 0 Å². The summed E-state index contributed by atoms with van der Waals surface area (Å²) in [5.41, 5.74) is 0. The number of hydrogen-bond donors (Lipinski definition) is 1. The van der Waals surface area contributed by atoms with Gasteiger partial charge >= 0.3 is 5.97 Å². The summed E-state index contributed by atoms with van der Waals surface area (Å²) < 4.78 is 4.98. The van der Waals surface area contributed by atoms with Crippen molar-refractivity contribution in [1.82, 2.24) is 5.32 Å². The number of amides is 1. The molecule has 1 atom stereocenters. The first-order valence-electron chi connectivity index (χ1n) is 7.54.